The van der Waals surface area contributed by atoms with E-state index in [1.54, 1.807) is 19.4 Å². The lowest BCUT2D eigenvalue weighted by Gasteiger charge is -2.10. The highest BCUT2D eigenvalue weighted by molar-refractivity contribution is 6.43. The Balaban J connectivity index is 2.64. The lowest BCUT2D eigenvalue weighted by atomic mass is 10.1. The van der Waals surface area contributed by atoms with Gasteiger partial charge in [-0.3, -0.25) is 4.98 Å². The topological polar surface area (TPSA) is 22.1 Å². The quantitative estimate of drug-likeness (QED) is 0.806. The van der Waals surface area contributed by atoms with E-state index in [1.165, 1.54) is 0 Å². The molecule has 0 bridgehead atoms. The van der Waals surface area contributed by atoms with Gasteiger partial charge < -0.3 is 4.74 Å². The number of halogens is 2. The molecule has 0 radical (unpaired) electrons. The average Bonchev–Trinajstić information content (AvgIpc) is 2.33. The molecule has 17 heavy (non-hydrogen) atoms. The van der Waals surface area contributed by atoms with Crippen LogP contribution in [0.5, 0.6) is 5.75 Å². The van der Waals surface area contributed by atoms with Gasteiger partial charge in [-0.1, -0.05) is 35.3 Å². The molecule has 1 heterocycles. The molecule has 2 nitrogen and oxygen atoms in total. The van der Waals surface area contributed by atoms with Gasteiger partial charge in [0.15, 0.2) is 0 Å². The molecule has 0 aliphatic carbocycles. The van der Waals surface area contributed by atoms with Crippen molar-refractivity contribution in [2.24, 2.45) is 0 Å². The smallest absolute Gasteiger partial charge is 0.145 e. The second-order valence-corrected chi connectivity index (χ2v) is 4.45. The molecular formula is C13H11Cl2NO. The Morgan fingerprint density at radius 1 is 1.24 bits per heavy atom. The van der Waals surface area contributed by atoms with Crippen molar-refractivity contribution >= 4 is 23.2 Å². The van der Waals surface area contributed by atoms with Crippen LogP contribution >= 0.6 is 23.2 Å². The van der Waals surface area contributed by atoms with Gasteiger partial charge in [0.1, 0.15) is 11.4 Å². The molecule has 88 valence electrons. The number of pyridine rings is 1. The summed E-state index contributed by atoms with van der Waals surface area (Å²) in [5.41, 5.74) is 2.50. The van der Waals surface area contributed by atoms with Crippen LogP contribution in [0.2, 0.25) is 10.0 Å². The summed E-state index contributed by atoms with van der Waals surface area (Å²) in [6, 6.07) is 7.37. The third kappa shape index (κ3) is 2.38. The molecule has 1 aromatic carbocycles. The van der Waals surface area contributed by atoms with Crippen molar-refractivity contribution in [3.05, 3.63) is 46.1 Å². The van der Waals surface area contributed by atoms with Gasteiger partial charge in [-0.25, -0.2) is 0 Å². The summed E-state index contributed by atoms with van der Waals surface area (Å²) < 4.78 is 5.31. The van der Waals surface area contributed by atoms with E-state index < -0.39 is 0 Å². The van der Waals surface area contributed by atoms with Crippen LogP contribution in [0.1, 0.15) is 5.56 Å². The van der Waals surface area contributed by atoms with Gasteiger partial charge in [0.25, 0.3) is 0 Å². The first-order valence-corrected chi connectivity index (χ1v) is 5.84. The van der Waals surface area contributed by atoms with Gasteiger partial charge in [-0.15, -0.1) is 0 Å². The Morgan fingerprint density at radius 2 is 2.00 bits per heavy atom. The molecule has 0 atom stereocenters. The third-order valence-electron chi connectivity index (χ3n) is 2.42. The minimum atomic E-state index is 0.490. The van der Waals surface area contributed by atoms with Gasteiger partial charge >= 0.3 is 0 Å². The van der Waals surface area contributed by atoms with Crippen LogP contribution in [-0.2, 0) is 0 Å². The van der Waals surface area contributed by atoms with E-state index in [1.807, 2.05) is 25.1 Å². The maximum atomic E-state index is 6.17. The maximum absolute atomic E-state index is 6.17. The maximum Gasteiger partial charge on any atom is 0.145 e. The number of hydrogen-bond donors (Lipinski definition) is 0. The largest absolute Gasteiger partial charge is 0.494 e. The van der Waals surface area contributed by atoms with E-state index >= 15 is 0 Å². The molecule has 0 saturated carbocycles. The molecule has 0 aliphatic rings. The van der Waals surface area contributed by atoms with E-state index in [4.69, 9.17) is 27.9 Å². The lowest BCUT2D eigenvalue weighted by molar-refractivity contribution is 0.414. The van der Waals surface area contributed by atoms with Crippen LogP contribution in [0.25, 0.3) is 11.3 Å². The van der Waals surface area contributed by atoms with Gasteiger partial charge in [0.05, 0.1) is 17.2 Å². The summed E-state index contributed by atoms with van der Waals surface area (Å²) >= 11 is 12.2. The second kappa shape index (κ2) is 4.94. The van der Waals surface area contributed by atoms with Crippen LogP contribution < -0.4 is 4.74 Å². The van der Waals surface area contributed by atoms with Crippen LogP contribution in [0.3, 0.4) is 0 Å². The summed E-state index contributed by atoms with van der Waals surface area (Å²) in [6.07, 6.45) is 1.77. The monoisotopic (exact) mass is 267 g/mol. The SMILES string of the molecule is COc1cc(C)cnc1-c1cccc(Cl)c1Cl. The van der Waals surface area contributed by atoms with E-state index in [2.05, 4.69) is 4.98 Å². The number of methoxy groups -OCH3 is 1. The number of aryl methyl sites for hydroxylation is 1. The highest BCUT2D eigenvalue weighted by Crippen LogP contribution is 2.36. The summed E-state index contributed by atoms with van der Waals surface area (Å²) in [5.74, 6) is 0.689. The first kappa shape index (κ1) is 12.2. The minimum absolute atomic E-state index is 0.490. The molecule has 0 spiro atoms. The van der Waals surface area contributed by atoms with Crippen molar-refractivity contribution in [2.75, 3.05) is 7.11 Å². The Morgan fingerprint density at radius 3 is 2.71 bits per heavy atom. The van der Waals surface area contributed by atoms with Gasteiger partial charge in [-0.05, 0) is 24.6 Å². The van der Waals surface area contributed by atoms with Crippen molar-refractivity contribution < 1.29 is 4.74 Å². The molecule has 0 aliphatic heterocycles. The predicted octanol–water partition coefficient (Wildman–Crippen LogP) is 4.37. The molecule has 0 fully saturated rings. The first-order chi connectivity index (χ1) is 8.13. The van der Waals surface area contributed by atoms with Crippen molar-refractivity contribution in [3.8, 4) is 17.0 Å². The zero-order valence-electron chi connectivity index (χ0n) is 9.50. The van der Waals surface area contributed by atoms with Crippen LogP contribution in [0.15, 0.2) is 30.5 Å². The molecule has 4 heteroatoms. The molecule has 0 amide bonds. The predicted molar refractivity (Wildman–Crippen MR) is 71.0 cm³/mol. The van der Waals surface area contributed by atoms with Crippen molar-refractivity contribution in [3.63, 3.8) is 0 Å². The molecule has 2 rings (SSSR count). The second-order valence-electron chi connectivity index (χ2n) is 3.66. The number of benzene rings is 1. The Bertz CT molecular complexity index is 555. The summed E-state index contributed by atoms with van der Waals surface area (Å²) in [5, 5.41) is 0.998. The van der Waals surface area contributed by atoms with Crippen molar-refractivity contribution in [2.45, 2.75) is 6.92 Å². The van der Waals surface area contributed by atoms with E-state index in [0.29, 0.717) is 21.5 Å². The molecule has 2 aromatic rings. The number of rotatable bonds is 2. The lowest BCUT2D eigenvalue weighted by Crippen LogP contribution is -1.93. The van der Waals surface area contributed by atoms with Crippen LogP contribution in [0, 0.1) is 6.92 Å². The highest BCUT2D eigenvalue weighted by Gasteiger charge is 2.12. The molecule has 0 unspecified atom stereocenters. The van der Waals surface area contributed by atoms with Gasteiger partial charge in [0, 0.05) is 11.8 Å². The third-order valence-corrected chi connectivity index (χ3v) is 3.23. The van der Waals surface area contributed by atoms with Gasteiger partial charge in [-0.2, -0.15) is 0 Å². The van der Waals surface area contributed by atoms with E-state index in [0.717, 1.165) is 11.1 Å². The van der Waals surface area contributed by atoms with Crippen molar-refractivity contribution in [1.82, 2.24) is 4.98 Å². The fourth-order valence-electron chi connectivity index (χ4n) is 1.59. The summed E-state index contributed by atoms with van der Waals surface area (Å²) in [4.78, 5) is 4.35. The van der Waals surface area contributed by atoms with Crippen LogP contribution in [0.4, 0.5) is 0 Å². The number of nitrogens with zero attached hydrogens (tertiary/aromatic N) is 1. The first-order valence-electron chi connectivity index (χ1n) is 5.08. The standard InChI is InChI=1S/C13H11Cl2NO/c1-8-6-11(17-2)13(16-7-8)9-4-3-5-10(14)12(9)15/h3-7H,1-2H3. The van der Waals surface area contributed by atoms with Gasteiger partial charge in [0.2, 0.25) is 0 Å². The summed E-state index contributed by atoms with van der Waals surface area (Å²) in [6.45, 7) is 1.96. The van der Waals surface area contributed by atoms with E-state index in [9.17, 15) is 0 Å². The van der Waals surface area contributed by atoms with E-state index in [-0.39, 0.29) is 0 Å². The normalized spacial score (nSPS) is 10.4. The Hall–Kier alpha value is -1.25. The van der Waals surface area contributed by atoms with Crippen molar-refractivity contribution in [1.29, 1.82) is 0 Å². The fourth-order valence-corrected chi connectivity index (χ4v) is 1.98. The Kier molecular flexibility index (Phi) is 3.55. The number of ether oxygens (including phenoxy) is 1. The van der Waals surface area contributed by atoms with Crippen LogP contribution in [-0.4, -0.2) is 12.1 Å². The average molecular weight is 268 g/mol. The minimum Gasteiger partial charge on any atom is -0.494 e. The molecule has 1 aromatic heterocycles. The summed E-state index contributed by atoms with van der Waals surface area (Å²) in [7, 11) is 1.61. The number of aromatic nitrogens is 1. The molecule has 0 saturated heterocycles. The fraction of sp³-hybridized carbons (Fsp3) is 0.154. The number of hydrogen-bond acceptors (Lipinski definition) is 2. The highest BCUT2D eigenvalue weighted by atomic mass is 35.5. The zero-order chi connectivity index (χ0) is 12.4. The zero-order valence-corrected chi connectivity index (χ0v) is 11.0. The molecule has 0 N–H and O–H groups in total. The Labute approximate surface area is 110 Å². The molecular weight excluding hydrogens is 257 g/mol.